The number of anilines is 1. The zero-order valence-electron chi connectivity index (χ0n) is 18.3. The quantitative estimate of drug-likeness (QED) is 0.392. The maximum Gasteiger partial charge on any atom is 0.266 e. The SMILES string of the molecule is CCOc1ccc2ccc(OCC)c(/C=C(/C#N)C(=O)Nc3ccc(C)c(C)c3)c2c1. The summed E-state index contributed by atoms with van der Waals surface area (Å²) in [5, 5.41) is 14.4. The molecule has 3 aromatic rings. The van der Waals surface area contributed by atoms with Crippen molar-refractivity contribution in [3.63, 3.8) is 0 Å². The van der Waals surface area contributed by atoms with Crippen molar-refractivity contribution in [3.05, 3.63) is 70.8 Å². The van der Waals surface area contributed by atoms with Crippen LogP contribution in [0.1, 0.15) is 30.5 Å². The average molecular weight is 415 g/mol. The van der Waals surface area contributed by atoms with Gasteiger partial charge in [-0.05, 0) is 86.0 Å². The lowest BCUT2D eigenvalue weighted by atomic mass is 10.0. The first-order valence-corrected chi connectivity index (χ1v) is 10.3. The van der Waals surface area contributed by atoms with Gasteiger partial charge in [-0.3, -0.25) is 4.79 Å². The Bertz CT molecular complexity index is 1180. The first kappa shape index (κ1) is 21.9. The summed E-state index contributed by atoms with van der Waals surface area (Å²) in [4.78, 5) is 12.9. The summed E-state index contributed by atoms with van der Waals surface area (Å²) in [7, 11) is 0. The van der Waals surface area contributed by atoms with Crippen LogP contribution in [0.5, 0.6) is 11.5 Å². The van der Waals surface area contributed by atoms with Crippen molar-refractivity contribution in [2.24, 2.45) is 0 Å². The van der Waals surface area contributed by atoms with Gasteiger partial charge in [0.15, 0.2) is 0 Å². The largest absolute Gasteiger partial charge is 0.494 e. The Labute approximate surface area is 182 Å². The maximum atomic E-state index is 12.9. The molecule has 1 N–H and O–H groups in total. The van der Waals surface area contributed by atoms with E-state index in [0.29, 0.717) is 30.2 Å². The van der Waals surface area contributed by atoms with Gasteiger partial charge in [-0.15, -0.1) is 0 Å². The van der Waals surface area contributed by atoms with Gasteiger partial charge in [0.1, 0.15) is 23.1 Å². The van der Waals surface area contributed by atoms with E-state index >= 15 is 0 Å². The number of hydrogen-bond donors (Lipinski definition) is 1. The number of fused-ring (bicyclic) bond motifs is 1. The van der Waals surface area contributed by atoms with Gasteiger partial charge in [0.25, 0.3) is 5.91 Å². The van der Waals surface area contributed by atoms with Crippen LogP contribution in [0.15, 0.2) is 54.1 Å². The Balaban J connectivity index is 2.06. The van der Waals surface area contributed by atoms with Crippen LogP contribution < -0.4 is 14.8 Å². The molecule has 0 saturated carbocycles. The second-order valence-corrected chi connectivity index (χ2v) is 7.15. The van der Waals surface area contributed by atoms with Crippen molar-refractivity contribution in [2.45, 2.75) is 27.7 Å². The molecule has 0 radical (unpaired) electrons. The van der Waals surface area contributed by atoms with Gasteiger partial charge >= 0.3 is 0 Å². The summed E-state index contributed by atoms with van der Waals surface area (Å²) in [6.07, 6.45) is 1.58. The summed E-state index contributed by atoms with van der Waals surface area (Å²) >= 11 is 0. The Morgan fingerprint density at radius 2 is 1.74 bits per heavy atom. The smallest absolute Gasteiger partial charge is 0.266 e. The highest BCUT2D eigenvalue weighted by Gasteiger charge is 2.14. The molecule has 0 aliphatic heterocycles. The van der Waals surface area contributed by atoms with Crippen LogP contribution in [0.2, 0.25) is 0 Å². The van der Waals surface area contributed by atoms with Crippen molar-refractivity contribution < 1.29 is 14.3 Å². The minimum atomic E-state index is -0.467. The van der Waals surface area contributed by atoms with Gasteiger partial charge in [0.05, 0.1) is 13.2 Å². The highest BCUT2D eigenvalue weighted by molar-refractivity contribution is 6.11. The molecule has 5 nitrogen and oxygen atoms in total. The third-order valence-electron chi connectivity index (χ3n) is 5.02. The van der Waals surface area contributed by atoms with Crippen molar-refractivity contribution in [1.82, 2.24) is 0 Å². The Morgan fingerprint density at radius 3 is 2.42 bits per heavy atom. The molecule has 5 heteroatoms. The van der Waals surface area contributed by atoms with Gasteiger partial charge < -0.3 is 14.8 Å². The van der Waals surface area contributed by atoms with Gasteiger partial charge in [-0.25, -0.2) is 0 Å². The van der Waals surface area contributed by atoms with E-state index in [0.717, 1.165) is 27.6 Å². The molecule has 0 saturated heterocycles. The molecule has 3 rings (SSSR count). The Hall–Kier alpha value is -3.78. The molecule has 0 bridgehead atoms. The summed E-state index contributed by atoms with van der Waals surface area (Å²) in [6, 6.07) is 17.3. The lowest BCUT2D eigenvalue weighted by molar-refractivity contribution is -0.112. The molecule has 0 atom stereocenters. The van der Waals surface area contributed by atoms with Crippen LogP contribution in [-0.4, -0.2) is 19.1 Å². The van der Waals surface area contributed by atoms with Gasteiger partial charge in [0, 0.05) is 11.3 Å². The average Bonchev–Trinajstić information content (AvgIpc) is 2.76. The molecule has 0 fully saturated rings. The van der Waals surface area contributed by atoms with Crippen LogP contribution in [0, 0.1) is 25.2 Å². The maximum absolute atomic E-state index is 12.9. The summed E-state index contributed by atoms with van der Waals surface area (Å²) in [5.41, 5.74) is 3.52. The van der Waals surface area contributed by atoms with Gasteiger partial charge in [-0.1, -0.05) is 18.2 Å². The van der Waals surface area contributed by atoms with E-state index in [2.05, 4.69) is 5.32 Å². The Kier molecular flexibility index (Phi) is 6.94. The number of ether oxygens (including phenoxy) is 2. The fourth-order valence-corrected chi connectivity index (χ4v) is 3.30. The second kappa shape index (κ2) is 9.82. The minimum Gasteiger partial charge on any atom is -0.494 e. The van der Waals surface area contributed by atoms with Gasteiger partial charge in [-0.2, -0.15) is 5.26 Å². The van der Waals surface area contributed by atoms with Crippen molar-refractivity contribution in [2.75, 3.05) is 18.5 Å². The van der Waals surface area contributed by atoms with Crippen molar-refractivity contribution in [3.8, 4) is 17.6 Å². The fraction of sp³-hybridized carbons (Fsp3) is 0.231. The van der Waals surface area contributed by atoms with Crippen LogP contribution in [0.3, 0.4) is 0 Å². The number of carbonyl (C=O) groups excluding carboxylic acids is 1. The molecular formula is C26H26N2O3. The van der Waals surface area contributed by atoms with E-state index < -0.39 is 5.91 Å². The molecule has 0 unspecified atom stereocenters. The fourth-order valence-electron chi connectivity index (χ4n) is 3.30. The zero-order chi connectivity index (χ0) is 22.4. The molecule has 158 valence electrons. The van der Waals surface area contributed by atoms with Crippen LogP contribution >= 0.6 is 0 Å². The van der Waals surface area contributed by atoms with E-state index in [-0.39, 0.29) is 5.57 Å². The molecule has 0 spiro atoms. The molecule has 0 heterocycles. The van der Waals surface area contributed by atoms with Crippen molar-refractivity contribution >= 4 is 28.4 Å². The highest BCUT2D eigenvalue weighted by Crippen LogP contribution is 2.33. The van der Waals surface area contributed by atoms with E-state index in [1.54, 1.807) is 6.08 Å². The van der Waals surface area contributed by atoms with Crippen LogP contribution in [0.4, 0.5) is 5.69 Å². The third kappa shape index (κ3) is 5.04. The van der Waals surface area contributed by atoms with Crippen molar-refractivity contribution in [1.29, 1.82) is 5.26 Å². The molecule has 31 heavy (non-hydrogen) atoms. The Morgan fingerprint density at radius 1 is 1.00 bits per heavy atom. The number of aryl methyl sites for hydroxylation is 2. The summed E-state index contributed by atoms with van der Waals surface area (Å²) in [5.74, 6) is 0.859. The first-order chi connectivity index (χ1) is 15.0. The molecule has 1 amide bonds. The predicted molar refractivity (Wildman–Crippen MR) is 124 cm³/mol. The molecule has 0 aliphatic carbocycles. The summed E-state index contributed by atoms with van der Waals surface area (Å²) in [6.45, 7) is 8.82. The molecular weight excluding hydrogens is 388 g/mol. The number of benzene rings is 3. The minimum absolute atomic E-state index is 0.00602. The van der Waals surface area contributed by atoms with Gasteiger partial charge in [0.2, 0.25) is 0 Å². The zero-order valence-corrected chi connectivity index (χ0v) is 18.3. The monoisotopic (exact) mass is 414 g/mol. The number of nitrogens with one attached hydrogen (secondary N) is 1. The normalized spacial score (nSPS) is 11.1. The van der Waals surface area contributed by atoms with E-state index in [1.807, 2.05) is 82.3 Å². The van der Waals surface area contributed by atoms with E-state index in [9.17, 15) is 10.1 Å². The number of nitrogens with zero attached hydrogens (tertiary/aromatic N) is 1. The standard InChI is InChI=1S/C26H26N2O3/c1-5-30-22-11-8-19-9-12-25(31-6-2)24(23(19)15-22)14-20(16-27)26(29)28-21-10-7-17(3)18(4)13-21/h7-15H,5-6H2,1-4H3,(H,28,29)/b20-14-. The number of rotatable bonds is 7. The molecule has 3 aromatic carbocycles. The van der Waals surface area contributed by atoms with Crippen LogP contribution in [-0.2, 0) is 4.79 Å². The highest BCUT2D eigenvalue weighted by atomic mass is 16.5. The molecule has 0 aromatic heterocycles. The third-order valence-corrected chi connectivity index (χ3v) is 5.02. The van der Waals surface area contributed by atoms with E-state index in [1.165, 1.54) is 0 Å². The second-order valence-electron chi connectivity index (χ2n) is 7.15. The predicted octanol–water partition coefficient (Wildman–Crippen LogP) is 5.80. The summed E-state index contributed by atoms with van der Waals surface area (Å²) < 4.78 is 11.4. The number of carbonyl (C=O) groups is 1. The topological polar surface area (TPSA) is 71.3 Å². The number of hydrogen-bond acceptors (Lipinski definition) is 4. The van der Waals surface area contributed by atoms with E-state index in [4.69, 9.17) is 9.47 Å². The van der Waals surface area contributed by atoms with Crippen LogP contribution in [0.25, 0.3) is 16.8 Å². The lowest BCUT2D eigenvalue weighted by Gasteiger charge is -2.13. The molecule has 0 aliphatic rings. The lowest BCUT2D eigenvalue weighted by Crippen LogP contribution is -2.13. The first-order valence-electron chi connectivity index (χ1n) is 10.3. The number of amides is 1. The number of nitriles is 1.